The standard InChI is InChI=1S/C15H13F/c1-2-12-9-10-14(15(16)11-12)6-4-3-5-13-7-8-13/h9-11,13H,2,7-8H2,1H3. The molecule has 0 heterocycles. The highest BCUT2D eigenvalue weighted by Gasteiger charge is 2.17. The Morgan fingerprint density at radius 3 is 2.75 bits per heavy atom. The number of aryl methyl sites for hydroxylation is 1. The van der Waals surface area contributed by atoms with E-state index >= 15 is 0 Å². The molecule has 0 saturated heterocycles. The summed E-state index contributed by atoms with van der Waals surface area (Å²) in [5.41, 5.74) is 1.43. The Balaban J connectivity index is 2.12. The van der Waals surface area contributed by atoms with E-state index in [-0.39, 0.29) is 5.82 Å². The summed E-state index contributed by atoms with van der Waals surface area (Å²) >= 11 is 0. The highest BCUT2D eigenvalue weighted by molar-refractivity contribution is 5.42. The Morgan fingerprint density at radius 1 is 1.31 bits per heavy atom. The van der Waals surface area contributed by atoms with Crippen LogP contribution in [0.15, 0.2) is 18.2 Å². The lowest BCUT2D eigenvalue weighted by Crippen LogP contribution is -1.87. The molecular formula is C15H13F. The molecule has 1 aliphatic rings. The molecule has 1 aliphatic carbocycles. The lowest BCUT2D eigenvalue weighted by molar-refractivity contribution is 0.622. The van der Waals surface area contributed by atoms with Crippen LogP contribution in [0.2, 0.25) is 0 Å². The molecule has 0 bridgehead atoms. The normalized spacial score (nSPS) is 13.4. The SMILES string of the molecule is CCc1ccc(C#CC#CC2CC2)c(F)c1. The molecule has 80 valence electrons. The Labute approximate surface area is 95.9 Å². The molecule has 0 nitrogen and oxygen atoms in total. The number of halogens is 1. The van der Waals surface area contributed by atoms with Crippen LogP contribution in [0, 0.1) is 35.4 Å². The van der Waals surface area contributed by atoms with Gasteiger partial charge in [0.1, 0.15) is 5.82 Å². The average Bonchev–Trinajstić information content (AvgIpc) is 3.10. The number of rotatable bonds is 1. The zero-order valence-corrected chi connectivity index (χ0v) is 9.31. The molecular weight excluding hydrogens is 199 g/mol. The average molecular weight is 212 g/mol. The van der Waals surface area contributed by atoms with Gasteiger partial charge in [-0.2, -0.15) is 0 Å². The Bertz CT molecular complexity index is 502. The van der Waals surface area contributed by atoms with Gasteiger partial charge in [0, 0.05) is 5.92 Å². The van der Waals surface area contributed by atoms with Crippen molar-refractivity contribution in [3.8, 4) is 23.7 Å². The van der Waals surface area contributed by atoms with E-state index in [9.17, 15) is 4.39 Å². The largest absolute Gasteiger partial charge is 0.206 e. The maximum atomic E-state index is 13.5. The second kappa shape index (κ2) is 4.86. The van der Waals surface area contributed by atoms with Crippen LogP contribution in [0.1, 0.15) is 30.9 Å². The molecule has 16 heavy (non-hydrogen) atoms. The Hall–Kier alpha value is -1.73. The lowest BCUT2D eigenvalue weighted by Gasteiger charge is -1.97. The minimum Gasteiger partial charge on any atom is -0.206 e. The van der Waals surface area contributed by atoms with E-state index in [1.165, 1.54) is 12.8 Å². The molecule has 1 fully saturated rings. The van der Waals surface area contributed by atoms with Crippen molar-refractivity contribution in [2.45, 2.75) is 26.2 Å². The molecule has 1 saturated carbocycles. The van der Waals surface area contributed by atoms with Crippen LogP contribution < -0.4 is 0 Å². The van der Waals surface area contributed by atoms with Crippen LogP contribution in [0.5, 0.6) is 0 Å². The van der Waals surface area contributed by atoms with E-state index in [0.717, 1.165) is 12.0 Å². The van der Waals surface area contributed by atoms with Crippen LogP contribution in [0.25, 0.3) is 0 Å². The van der Waals surface area contributed by atoms with Crippen molar-refractivity contribution < 1.29 is 4.39 Å². The van der Waals surface area contributed by atoms with Crippen molar-refractivity contribution >= 4 is 0 Å². The summed E-state index contributed by atoms with van der Waals surface area (Å²) in [7, 11) is 0. The quantitative estimate of drug-likeness (QED) is 0.627. The van der Waals surface area contributed by atoms with Gasteiger partial charge in [-0.1, -0.05) is 18.9 Å². The van der Waals surface area contributed by atoms with Crippen molar-refractivity contribution in [3.63, 3.8) is 0 Å². The van der Waals surface area contributed by atoms with Crippen LogP contribution in [-0.4, -0.2) is 0 Å². The fourth-order valence-electron chi connectivity index (χ4n) is 1.34. The summed E-state index contributed by atoms with van der Waals surface area (Å²) in [4.78, 5) is 0. The van der Waals surface area contributed by atoms with E-state index in [0.29, 0.717) is 11.5 Å². The van der Waals surface area contributed by atoms with Gasteiger partial charge >= 0.3 is 0 Å². The molecule has 0 unspecified atom stereocenters. The summed E-state index contributed by atoms with van der Waals surface area (Å²) in [6.45, 7) is 2.00. The molecule has 1 heteroatoms. The Kier molecular flexibility index (Phi) is 3.28. The van der Waals surface area contributed by atoms with Crippen LogP contribution in [0.3, 0.4) is 0 Å². The van der Waals surface area contributed by atoms with Crippen LogP contribution in [0.4, 0.5) is 4.39 Å². The van der Waals surface area contributed by atoms with E-state index in [4.69, 9.17) is 0 Å². The molecule has 0 aliphatic heterocycles. The van der Waals surface area contributed by atoms with Gasteiger partial charge in [-0.3, -0.25) is 0 Å². The molecule has 2 rings (SSSR count). The first-order valence-electron chi connectivity index (χ1n) is 5.59. The fraction of sp³-hybridized carbons (Fsp3) is 0.333. The van der Waals surface area contributed by atoms with Gasteiger partial charge in [0.2, 0.25) is 0 Å². The van der Waals surface area contributed by atoms with Crippen molar-refractivity contribution in [2.24, 2.45) is 5.92 Å². The maximum absolute atomic E-state index is 13.5. The Morgan fingerprint density at radius 2 is 2.12 bits per heavy atom. The van der Waals surface area contributed by atoms with Crippen LogP contribution >= 0.6 is 0 Å². The first kappa shape index (κ1) is 10.8. The van der Waals surface area contributed by atoms with Gasteiger partial charge in [0.15, 0.2) is 0 Å². The van der Waals surface area contributed by atoms with E-state index in [1.54, 1.807) is 12.1 Å². The first-order chi connectivity index (χ1) is 7.79. The molecule has 0 amide bonds. The molecule has 0 spiro atoms. The zero-order valence-electron chi connectivity index (χ0n) is 9.31. The molecule has 1 aromatic carbocycles. The highest BCUT2D eigenvalue weighted by Crippen LogP contribution is 2.27. The van der Waals surface area contributed by atoms with Gasteiger partial charge in [0.25, 0.3) is 0 Å². The lowest BCUT2D eigenvalue weighted by atomic mass is 10.1. The van der Waals surface area contributed by atoms with Gasteiger partial charge in [-0.15, -0.1) is 0 Å². The van der Waals surface area contributed by atoms with Gasteiger partial charge in [-0.05, 0) is 54.7 Å². The minimum absolute atomic E-state index is 0.250. The second-order valence-corrected chi connectivity index (χ2v) is 3.96. The van der Waals surface area contributed by atoms with Crippen molar-refractivity contribution in [3.05, 3.63) is 35.1 Å². The van der Waals surface area contributed by atoms with Gasteiger partial charge < -0.3 is 0 Å². The third-order valence-electron chi connectivity index (χ3n) is 2.56. The zero-order chi connectivity index (χ0) is 11.4. The topological polar surface area (TPSA) is 0 Å². The van der Waals surface area contributed by atoms with Crippen molar-refractivity contribution in [2.75, 3.05) is 0 Å². The summed E-state index contributed by atoms with van der Waals surface area (Å²) in [5.74, 6) is 11.5. The van der Waals surface area contributed by atoms with E-state index in [2.05, 4.69) is 23.7 Å². The summed E-state index contributed by atoms with van der Waals surface area (Å²) in [6.07, 6.45) is 3.22. The number of hydrogen-bond acceptors (Lipinski definition) is 0. The highest BCUT2D eigenvalue weighted by atomic mass is 19.1. The van der Waals surface area contributed by atoms with Crippen molar-refractivity contribution in [1.29, 1.82) is 0 Å². The van der Waals surface area contributed by atoms with Crippen LogP contribution in [-0.2, 0) is 6.42 Å². The smallest absolute Gasteiger partial charge is 0.139 e. The number of hydrogen-bond donors (Lipinski definition) is 0. The summed E-state index contributed by atoms with van der Waals surface area (Å²) in [5, 5.41) is 0. The van der Waals surface area contributed by atoms with Gasteiger partial charge in [-0.25, -0.2) is 4.39 Å². The predicted octanol–water partition coefficient (Wildman–Crippen LogP) is 3.15. The molecule has 0 N–H and O–H groups in total. The van der Waals surface area contributed by atoms with Crippen molar-refractivity contribution in [1.82, 2.24) is 0 Å². The predicted molar refractivity (Wildman–Crippen MR) is 63.2 cm³/mol. The molecule has 0 atom stereocenters. The van der Waals surface area contributed by atoms with E-state index in [1.807, 2.05) is 13.0 Å². The summed E-state index contributed by atoms with van der Waals surface area (Å²) in [6, 6.07) is 5.17. The molecule has 1 aromatic rings. The third kappa shape index (κ3) is 2.88. The molecule has 0 radical (unpaired) electrons. The third-order valence-corrected chi connectivity index (χ3v) is 2.56. The summed E-state index contributed by atoms with van der Waals surface area (Å²) < 4.78 is 13.5. The molecule has 0 aromatic heterocycles. The van der Waals surface area contributed by atoms with Gasteiger partial charge in [0.05, 0.1) is 5.56 Å². The fourth-order valence-corrected chi connectivity index (χ4v) is 1.34. The second-order valence-electron chi connectivity index (χ2n) is 3.96. The monoisotopic (exact) mass is 212 g/mol. The number of benzene rings is 1. The van der Waals surface area contributed by atoms with E-state index < -0.39 is 0 Å². The maximum Gasteiger partial charge on any atom is 0.139 e. The minimum atomic E-state index is -0.250. The first-order valence-corrected chi connectivity index (χ1v) is 5.59.